The van der Waals surface area contributed by atoms with Crippen molar-refractivity contribution in [3.63, 3.8) is 0 Å². The predicted octanol–water partition coefficient (Wildman–Crippen LogP) is 25.7. The summed E-state index contributed by atoms with van der Waals surface area (Å²) in [7, 11) is 0. The fraction of sp³-hybridized carbons (Fsp3) is 0.924. The van der Waals surface area contributed by atoms with E-state index >= 15 is 0 Å². The lowest BCUT2D eigenvalue weighted by molar-refractivity contribution is -0.143. The maximum atomic E-state index is 12.5. The van der Waals surface area contributed by atoms with Crippen LogP contribution in [0.1, 0.15) is 444 Å². The van der Waals surface area contributed by atoms with E-state index in [0.29, 0.717) is 19.4 Å². The molecule has 0 aliphatic heterocycles. The van der Waals surface area contributed by atoms with Crippen LogP contribution in [-0.2, 0) is 14.3 Å². The summed E-state index contributed by atoms with van der Waals surface area (Å²) in [5, 5.41) is 23.3. The van der Waals surface area contributed by atoms with Crippen LogP contribution in [0.4, 0.5) is 0 Å². The molecule has 504 valence electrons. The molecule has 0 saturated heterocycles. The van der Waals surface area contributed by atoms with Crippen molar-refractivity contribution in [2.45, 2.75) is 456 Å². The summed E-state index contributed by atoms with van der Waals surface area (Å²) in [5.74, 6) is -0.0453. The highest BCUT2D eigenvalue weighted by Gasteiger charge is 2.18. The SMILES string of the molecule is CCCCCCC/C=C\CCCCCCCC(=O)OCCCCCCCCCCCCCCCCCCCCCCCCCCCCCCCCCCC(=O)NC(CO)C(O)/C=C/CCCCCCCCCCCCCCCCCCCCCC. The second-order valence-electron chi connectivity index (χ2n) is 27.0. The van der Waals surface area contributed by atoms with Gasteiger partial charge in [0.1, 0.15) is 0 Å². The van der Waals surface area contributed by atoms with E-state index in [1.54, 1.807) is 6.08 Å². The van der Waals surface area contributed by atoms with Gasteiger partial charge in [0.25, 0.3) is 0 Å². The standard InChI is InChI=1S/C79H153NO5/c1-3-5-7-9-11-13-15-17-19-20-21-22-35-38-41-44-47-51-55-59-63-67-71-77(82)76(75-81)80-78(83)72-68-64-60-56-52-48-45-42-39-36-33-31-29-27-25-23-24-26-28-30-32-34-37-40-43-46-50-54-58-62-66-70-74-85-79(84)73-69-65-61-57-53-49-18-16-14-12-10-8-6-4-2/h16,18,67,71,76-77,81-82H,3-15,17,19-66,68-70,72-75H2,1-2H3,(H,80,83)/b18-16-,71-67+. The third-order valence-corrected chi connectivity index (χ3v) is 18.5. The highest BCUT2D eigenvalue weighted by Crippen LogP contribution is 2.20. The number of unbranched alkanes of at least 4 members (excludes halogenated alkanes) is 61. The van der Waals surface area contributed by atoms with Crippen LogP contribution >= 0.6 is 0 Å². The number of carbonyl (C=O) groups is 2. The number of aliphatic hydroxyl groups is 2. The summed E-state index contributed by atoms with van der Waals surface area (Å²) in [6.07, 6.45) is 95.8. The van der Waals surface area contributed by atoms with Gasteiger partial charge < -0.3 is 20.3 Å². The molecule has 0 rings (SSSR count). The lowest BCUT2D eigenvalue weighted by Crippen LogP contribution is -2.45. The zero-order valence-corrected chi connectivity index (χ0v) is 57.9. The highest BCUT2D eigenvalue weighted by atomic mass is 16.5. The summed E-state index contributed by atoms with van der Waals surface area (Å²) in [6.45, 7) is 4.94. The molecule has 85 heavy (non-hydrogen) atoms. The van der Waals surface area contributed by atoms with Gasteiger partial charge in [-0.3, -0.25) is 9.59 Å². The van der Waals surface area contributed by atoms with Crippen molar-refractivity contribution >= 4 is 11.9 Å². The van der Waals surface area contributed by atoms with Gasteiger partial charge in [-0.05, 0) is 57.8 Å². The van der Waals surface area contributed by atoms with Crippen molar-refractivity contribution < 1.29 is 24.5 Å². The number of allylic oxidation sites excluding steroid dienone is 3. The second-order valence-corrected chi connectivity index (χ2v) is 27.0. The summed E-state index contributed by atoms with van der Waals surface area (Å²) >= 11 is 0. The Morgan fingerprint density at radius 2 is 0.553 bits per heavy atom. The topological polar surface area (TPSA) is 95.9 Å². The minimum absolute atomic E-state index is 0.0133. The van der Waals surface area contributed by atoms with E-state index in [1.807, 2.05) is 6.08 Å². The molecule has 0 aromatic carbocycles. The van der Waals surface area contributed by atoms with E-state index in [-0.39, 0.29) is 18.5 Å². The molecular formula is C79H153NO5. The molecule has 0 aliphatic carbocycles. The number of carbonyl (C=O) groups excluding carboxylic acids is 2. The molecule has 0 aromatic heterocycles. The highest BCUT2D eigenvalue weighted by molar-refractivity contribution is 5.76. The lowest BCUT2D eigenvalue weighted by atomic mass is 10.0. The normalized spacial score (nSPS) is 12.6. The molecule has 2 atom stereocenters. The molecule has 0 bridgehead atoms. The molecule has 6 nitrogen and oxygen atoms in total. The number of aliphatic hydroxyl groups excluding tert-OH is 2. The number of ether oxygens (including phenoxy) is 1. The average Bonchev–Trinajstić information content (AvgIpc) is 3.50. The van der Waals surface area contributed by atoms with E-state index in [9.17, 15) is 19.8 Å². The van der Waals surface area contributed by atoms with E-state index in [2.05, 4.69) is 31.3 Å². The quantitative estimate of drug-likeness (QED) is 0.0320. The summed E-state index contributed by atoms with van der Waals surface area (Å²) in [6, 6.07) is -0.625. The number of hydrogen-bond donors (Lipinski definition) is 3. The van der Waals surface area contributed by atoms with Crippen LogP contribution in [0.3, 0.4) is 0 Å². The Morgan fingerprint density at radius 3 is 0.835 bits per heavy atom. The molecule has 6 heteroatoms. The van der Waals surface area contributed by atoms with E-state index < -0.39 is 12.1 Å². The summed E-state index contributed by atoms with van der Waals surface area (Å²) in [4.78, 5) is 24.6. The summed E-state index contributed by atoms with van der Waals surface area (Å²) in [5.41, 5.74) is 0. The fourth-order valence-corrected chi connectivity index (χ4v) is 12.5. The molecule has 0 spiro atoms. The van der Waals surface area contributed by atoms with Gasteiger partial charge in [0, 0.05) is 12.8 Å². The van der Waals surface area contributed by atoms with Gasteiger partial charge in [0.05, 0.1) is 25.4 Å². The van der Waals surface area contributed by atoms with Crippen LogP contribution in [0.25, 0.3) is 0 Å². The molecule has 0 saturated carbocycles. The molecule has 0 aliphatic rings. The van der Waals surface area contributed by atoms with Gasteiger partial charge in [-0.2, -0.15) is 0 Å². The lowest BCUT2D eigenvalue weighted by Gasteiger charge is -2.20. The Bertz CT molecular complexity index is 1330. The van der Waals surface area contributed by atoms with Crippen LogP contribution in [0.15, 0.2) is 24.3 Å². The molecule has 0 fully saturated rings. The van der Waals surface area contributed by atoms with Crippen molar-refractivity contribution in [1.82, 2.24) is 5.32 Å². The number of amides is 1. The van der Waals surface area contributed by atoms with Gasteiger partial charge in [0.15, 0.2) is 0 Å². The minimum atomic E-state index is -0.842. The Labute approximate surface area is 532 Å². The Hall–Kier alpha value is -1.66. The first-order valence-electron chi connectivity index (χ1n) is 39.1. The van der Waals surface area contributed by atoms with Gasteiger partial charge in [-0.1, -0.05) is 398 Å². The number of hydrogen-bond acceptors (Lipinski definition) is 5. The van der Waals surface area contributed by atoms with Crippen LogP contribution < -0.4 is 5.32 Å². The smallest absolute Gasteiger partial charge is 0.305 e. The van der Waals surface area contributed by atoms with Crippen LogP contribution in [0.5, 0.6) is 0 Å². The third-order valence-electron chi connectivity index (χ3n) is 18.5. The zero-order valence-electron chi connectivity index (χ0n) is 57.9. The van der Waals surface area contributed by atoms with Crippen molar-refractivity contribution in [3.05, 3.63) is 24.3 Å². The molecule has 0 heterocycles. The maximum Gasteiger partial charge on any atom is 0.305 e. The second kappa shape index (κ2) is 74.8. The molecule has 0 aromatic rings. The number of esters is 1. The van der Waals surface area contributed by atoms with Gasteiger partial charge >= 0.3 is 5.97 Å². The largest absolute Gasteiger partial charge is 0.466 e. The van der Waals surface area contributed by atoms with Gasteiger partial charge in [0.2, 0.25) is 5.91 Å². The zero-order chi connectivity index (χ0) is 61.3. The van der Waals surface area contributed by atoms with E-state index in [0.717, 1.165) is 44.9 Å². The first kappa shape index (κ1) is 83.3. The Balaban J connectivity index is 3.35. The molecule has 2 unspecified atom stereocenters. The van der Waals surface area contributed by atoms with Crippen molar-refractivity contribution in [3.8, 4) is 0 Å². The number of rotatable bonds is 74. The minimum Gasteiger partial charge on any atom is -0.466 e. The van der Waals surface area contributed by atoms with E-state index in [4.69, 9.17) is 4.74 Å². The number of nitrogens with one attached hydrogen (secondary N) is 1. The van der Waals surface area contributed by atoms with Crippen molar-refractivity contribution in [1.29, 1.82) is 0 Å². The molecule has 3 N–H and O–H groups in total. The van der Waals surface area contributed by atoms with Crippen LogP contribution in [-0.4, -0.2) is 47.4 Å². The van der Waals surface area contributed by atoms with Gasteiger partial charge in [-0.25, -0.2) is 0 Å². The maximum absolute atomic E-state index is 12.5. The predicted molar refractivity (Wildman–Crippen MR) is 375 cm³/mol. The molecular weight excluding hydrogens is 1040 g/mol. The van der Waals surface area contributed by atoms with Crippen LogP contribution in [0, 0.1) is 0 Å². The monoisotopic (exact) mass is 1200 g/mol. The fourth-order valence-electron chi connectivity index (χ4n) is 12.5. The van der Waals surface area contributed by atoms with Gasteiger partial charge in [-0.15, -0.1) is 0 Å². The first-order valence-corrected chi connectivity index (χ1v) is 39.1. The molecule has 0 radical (unpaired) electrons. The van der Waals surface area contributed by atoms with Crippen molar-refractivity contribution in [2.24, 2.45) is 0 Å². The van der Waals surface area contributed by atoms with Crippen LogP contribution in [0.2, 0.25) is 0 Å². The summed E-state index contributed by atoms with van der Waals surface area (Å²) < 4.78 is 5.49. The Morgan fingerprint density at radius 1 is 0.318 bits per heavy atom. The Kier molecular flexibility index (Phi) is 73.3. The molecule has 1 amide bonds. The van der Waals surface area contributed by atoms with E-state index in [1.165, 1.54) is 372 Å². The first-order chi connectivity index (χ1) is 42.0. The average molecular weight is 1200 g/mol. The van der Waals surface area contributed by atoms with Crippen molar-refractivity contribution in [2.75, 3.05) is 13.2 Å². The third kappa shape index (κ3) is 71.3.